The monoisotopic (exact) mass is 319 g/mol. The van der Waals surface area contributed by atoms with Crippen LogP contribution in [-0.2, 0) is 17.4 Å². The van der Waals surface area contributed by atoms with Gasteiger partial charge in [0.25, 0.3) is 0 Å². The number of hydrogen-bond acceptors (Lipinski definition) is 4. The average Bonchev–Trinajstić information content (AvgIpc) is 3.06. The van der Waals surface area contributed by atoms with Crippen molar-refractivity contribution in [2.24, 2.45) is 7.05 Å². The maximum atomic E-state index is 11.9. The van der Waals surface area contributed by atoms with Crippen molar-refractivity contribution >= 4 is 23.3 Å². The summed E-state index contributed by atoms with van der Waals surface area (Å²) in [5.41, 5.74) is 2.58. The van der Waals surface area contributed by atoms with Crippen LogP contribution in [0, 0.1) is 13.8 Å². The molecule has 6 heteroatoms. The molecule has 0 radical (unpaired) electrons. The second-order valence-corrected chi connectivity index (χ2v) is 6.33. The summed E-state index contributed by atoms with van der Waals surface area (Å²) in [6.07, 6.45) is 3.23. The van der Waals surface area contributed by atoms with Crippen LogP contribution in [0.2, 0.25) is 0 Å². The molecule has 118 valence electrons. The molecule has 22 heavy (non-hydrogen) atoms. The third-order valence-electron chi connectivity index (χ3n) is 3.72. The highest BCUT2D eigenvalue weighted by Crippen LogP contribution is 2.22. The van der Waals surface area contributed by atoms with Crippen LogP contribution >= 0.6 is 11.3 Å². The molecule has 2 N–H and O–H groups in total. The quantitative estimate of drug-likeness (QED) is 0.830. The van der Waals surface area contributed by atoms with E-state index in [1.165, 1.54) is 17.4 Å². The van der Waals surface area contributed by atoms with Crippen molar-refractivity contribution < 1.29 is 9.90 Å². The summed E-state index contributed by atoms with van der Waals surface area (Å²) in [6, 6.07) is 1.86. The number of hydrogen-bond donors (Lipinski definition) is 2. The Morgan fingerprint density at radius 1 is 1.55 bits per heavy atom. The Kier molecular flexibility index (Phi) is 4.83. The second kappa shape index (κ2) is 6.46. The van der Waals surface area contributed by atoms with Gasteiger partial charge in [-0.2, -0.15) is 16.4 Å². The number of aryl methyl sites for hydroxylation is 2. The number of nitrogens with zero attached hydrogens (tertiary/aromatic N) is 2. The third-order valence-corrected chi connectivity index (χ3v) is 4.40. The molecule has 0 fully saturated rings. The second-order valence-electron chi connectivity index (χ2n) is 5.55. The molecule has 0 saturated heterocycles. The number of nitrogens with one attached hydrogen (secondary N) is 1. The van der Waals surface area contributed by atoms with Crippen LogP contribution in [0.4, 0.5) is 0 Å². The predicted octanol–water partition coefficient (Wildman–Crippen LogP) is 2.14. The highest BCUT2D eigenvalue weighted by Gasteiger charge is 2.23. The van der Waals surface area contributed by atoms with Gasteiger partial charge in [0.05, 0.1) is 12.2 Å². The number of amides is 1. The molecule has 1 amide bonds. The molecule has 0 saturated carbocycles. The SMILES string of the molecule is Cc1nn(C)c(C)c1/C=C/C(=O)NCC(C)(O)c1ccsc1. The van der Waals surface area contributed by atoms with Crippen molar-refractivity contribution in [2.75, 3.05) is 6.54 Å². The normalized spacial score (nSPS) is 14.2. The molecule has 2 rings (SSSR count). The van der Waals surface area contributed by atoms with E-state index in [0.29, 0.717) is 0 Å². The summed E-state index contributed by atoms with van der Waals surface area (Å²) in [4.78, 5) is 11.9. The fourth-order valence-electron chi connectivity index (χ4n) is 2.18. The van der Waals surface area contributed by atoms with Crippen molar-refractivity contribution in [1.29, 1.82) is 0 Å². The van der Waals surface area contributed by atoms with Crippen molar-refractivity contribution in [2.45, 2.75) is 26.4 Å². The van der Waals surface area contributed by atoms with E-state index >= 15 is 0 Å². The van der Waals surface area contributed by atoms with Gasteiger partial charge in [-0.1, -0.05) is 0 Å². The van der Waals surface area contributed by atoms with E-state index in [-0.39, 0.29) is 12.5 Å². The first kappa shape index (κ1) is 16.5. The van der Waals surface area contributed by atoms with Gasteiger partial charge in [-0.3, -0.25) is 9.48 Å². The molecule has 0 aliphatic heterocycles. The third kappa shape index (κ3) is 3.64. The van der Waals surface area contributed by atoms with E-state index in [0.717, 1.165) is 22.5 Å². The van der Waals surface area contributed by atoms with Gasteiger partial charge in [0, 0.05) is 24.4 Å². The lowest BCUT2D eigenvalue weighted by Gasteiger charge is -2.22. The van der Waals surface area contributed by atoms with Gasteiger partial charge >= 0.3 is 0 Å². The first-order valence-electron chi connectivity index (χ1n) is 7.02. The van der Waals surface area contributed by atoms with Gasteiger partial charge in [-0.15, -0.1) is 0 Å². The first-order chi connectivity index (χ1) is 10.3. The number of carbonyl (C=O) groups excluding carboxylic acids is 1. The summed E-state index contributed by atoms with van der Waals surface area (Å²) in [5.74, 6) is -0.238. The molecule has 0 aliphatic rings. The summed E-state index contributed by atoms with van der Waals surface area (Å²) in [7, 11) is 1.87. The first-order valence-corrected chi connectivity index (χ1v) is 7.96. The standard InChI is InChI=1S/C16H21N3O2S/c1-11-14(12(2)19(4)18-11)5-6-15(20)17-10-16(3,21)13-7-8-22-9-13/h5-9,21H,10H2,1-4H3,(H,17,20)/b6-5+. The zero-order valence-electron chi connectivity index (χ0n) is 13.3. The molecule has 2 heterocycles. The molecule has 0 aliphatic carbocycles. The zero-order valence-corrected chi connectivity index (χ0v) is 14.1. The fourth-order valence-corrected chi connectivity index (χ4v) is 2.96. The Bertz CT molecular complexity index is 685. The largest absolute Gasteiger partial charge is 0.384 e. The van der Waals surface area contributed by atoms with Gasteiger partial charge in [-0.05, 0) is 49.2 Å². The highest BCUT2D eigenvalue weighted by atomic mass is 32.1. The molecular weight excluding hydrogens is 298 g/mol. The van der Waals surface area contributed by atoms with Crippen LogP contribution in [0.3, 0.4) is 0 Å². The summed E-state index contributed by atoms with van der Waals surface area (Å²) in [6.45, 7) is 5.72. The maximum Gasteiger partial charge on any atom is 0.244 e. The minimum absolute atomic E-state index is 0.165. The minimum atomic E-state index is -1.07. The van der Waals surface area contributed by atoms with E-state index < -0.39 is 5.60 Å². The number of aliphatic hydroxyl groups is 1. The van der Waals surface area contributed by atoms with Crippen molar-refractivity contribution in [3.63, 3.8) is 0 Å². The smallest absolute Gasteiger partial charge is 0.244 e. The predicted molar refractivity (Wildman–Crippen MR) is 88.6 cm³/mol. The van der Waals surface area contributed by atoms with E-state index in [1.807, 2.05) is 37.7 Å². The lowest BCUT2D eigenvalue weighted by Crippen LogP contribution is -2.37. The molecule has 1 unspecified atom stereocenters. The molecule has 0 spiro atoms. The minimum Gasteiger partial charge on any atom is -0.384 e. The molecule has 2 aromatic heterocycles. The van der Waals surface area contributed by atoms with Crippen molar-refractivity contribution in [3.8, 4) is 0 Å². The molecule has 0 bridgehead atoms. The lowest BCUT2D eigenvalue weighted by molar-refractivity contribution is -0.117. The van der Waals surface area contributed by atoms with E-state index in [2.05, 4.69) is 10.4 Å². The number of carbonyl (C=O) groups is 1. The van der Waals surface area contributed by atoms with Crippen LogP contribution < -0.4 is 5.32 Å². The Hall–Kier alpha value is -1.92. The summed E-state index contributed by atoms with van der Waals surface area (Å²) < 4.78 is 1.79. The van der Waals surface area contributed by atoms with Crippen molar-refractivity contribution in [3.05, 3.63) is 45.4 Å². The zero-order chi connectivity index (χ0) is 16.3. The Labute approximate surface area is 134 Å². The fraction of sp³-hybridized carbons (Fsp3) is 0.375. The van der Waals surface area contributed by atoms with Gasteiger partial charge in [-0.25, -0.2) is 0 Å². The van der Waals surface area contributed by atoms with Gasteiger partial charge < -0.3 is 10.4 Å². The molecule has 2 aromatic rings. The Morgan fingerprint density at radius 3 is 2.82 bits per heavy atom. The van der Waals surface area contributed by atoms with Crippen LogP contribution in [0.25, 0.3) is 6.08 Å². The van der Waals surface area contributed by atoms with Gasteiger partial charge in [0.1, 0.15) is 5.60 Å². The molecule has 5 nitrogen and oxygen atoms in total. The average molecular weight is 319 g/mol. The highest BCUT2D eigenvalue weighted by molar-refractivity contribution is 7.08. The van der Waals surface area contributed by atoms with Crippen LogP contribution in [-0.4, -0.2) is 27.3 Å². The number of thiophene rings is 1. The molecule has 0 aromatic carbocycles. The lowest BCUT2D eigenvalue weighted by atomic mass is 9.99. The van der Waals surface area contributed by atoms with E-state index in [4.69, 9.17) is 0 Å². The summed E-state index contributed by atoms with van der Waals surface area (Å²) in [5, 5.41) is 21.2. The van der Waals surface area contributed by atoms with Gasteiger partial charge in [0.2, 0.25) is 5.91 Å². The summed E-state index contributed by atoms with van der Waals surface area (Å²) >= 11 is 1.52. The van der Waals surface area contributed by atoms with E-state index in [9.17, 15) is 9.90 Å². The van der Waals surface area contributed by atoms with Crippen LogP contribution in [0.5, 0.6) is 0 Å². The topological polar surface area (TPSA) is 67.2 Å². The van der Waals surface area contributed by atoms with Crippen molar-refractivity contribution in [1.82, 2.24) is 15.1 Å². The number of aromatic nitrogens is 2. The van der Waals surface area contributed by atoms with Crippen LogP contribution in [0.1, 0.15) is 29.4 Å². The number of rotatable bonds is 5. The Balaban J connectivity index is 1.97. The Morgan fingerprint density at radius 2 is 2.27 bits per heavy atom. The van der Waals surface area contributed by atoms with Gasteiger partial charge in [0.15, 0.2) is 0 Å². The van der Waals surface area contributed by atoms with E-state index in [1.54, 1.807) is 17.7 Å². The molecular formula is C16H21N3O2S. The maximum absolute atomic E-state index is 11.9. The molecule has 1 atom stereocenters. The van der Waals surface area contributed by atoms with Crippen LogP contribution in [0.15, 0.2) is 22.9 Å².